The van der Waals surface area contributed by atoms with E-state index in [1.165, 1.54) is 0 Å². The molecule has 0 aromatic carbocycles. The van der Waals surface area contributed by atoms with Gasteiger partial charge in [0, 0.05) is 17.2 Å². The lowest BCUT2D eigenvalue weighted by atomic mass is 10.3. The molecule has 0 aliphatic carbocycles. The Kier molecular flexibility index (Phi) is 4.04. The van der Waals surface area contributed by atoms with Gasteiger partial charge in [-0.3, -0.25) is 0 Å². The Morgan fingerprint density at radius 2 is 2.31 bits per heavy atom. The first kappa shape index (κ1) is 11.7. The van der Waals surface area contributed by atoms with E-state index in [9.17, 15) is 0 Å². The summed E-state index contributed by atoms with van der Waals surface area (Å²) in [4.78, 5) is 4.29. The SMILES string of the molecule is NCC(Sc1ccc(Br)cn1)c1ccco1. The van der Waals surface area contributed by atoms with Gasteiger partial charge >= 0.3 is 0 Å². The van der Waals surface area contributed by atoms with Crippen LogP contribution in [-0.4, -0.2) is 11.5 Å². The fourth-order valence-electron chi connectivity index (χ4n) is 1.27. The summed E-state index contributed by atoms with van der Waals surface area (Å²) in [7, 11) is 0. The quantitative estimate of drug-likeness (QED) is 0.881. The topological polar surface area (TPSA) is 52.0 Å². The van der Waals surface area contributed by atoms with Gasteiger partial charge in [-0.05, 0) is 40.2 Å². The maximum atomic E-state index is 5.72. The second-order valence-corrected chi connectivity index (χ2v) is 5.31. The lowest BCUT2D eigenvalue weighted by Crippen LogP contribution is -2.08. The van der Waals surface area contributed by atoms with Crippen LogP contribution >= 0.6 is 27.7 Å². The highest BCUT2D eigenvalue weighted by Gasteiger charge is 2.14. The second kappa shape index (κ2) is 5.52. The van der Waals surface area contributed by atoms with E-state index in [0.717, 1.165) is 15.3 Å². The number of halogens is 1. The van der Waals surface area contributed by atoms with E-state index < -0.39 is 0 Å². The van der Waals surface area contributed by atoms with Crippen molar-refractivity contribution in [1.29, 1.82) is 0 Å². The van der Waals surface area contributed by atoms with Gasteiger partial charge in [0.25, 0.3) is 0 Å². The molecule has 16 heavy (non-hydrogen) atoms. The highest BCUT2D eigenvalue weighted by atomic mass is 79.9. The molecule has 0 saturated heterocycles. The summed E-state index contributed by atoms with van der Waals surface area (Å²) in [6, 6.07) is 7.72. The average molecular weight is 299 g/mol. The molecular formula is C11H11BrN2OS. The molecule has 0 aliphatic heterocycles. The Hall–Kier alpha value is -0.780. The van der Waals surface area contributed by atoms with Crippen LogP contribution in [0, 0.1) is 0 Å². The van der Waals surface area contributed by atoms with E-state index in [1.54, 1.807) is 24.2 Å². The van der Waals surface area contributed by atoms with Gasteiger partial charge < -0.3 is 10.2 Å². The van der Waals surface area contributed by atoms with E-state index in [2.05, 4.69) is 20.9 Å². The van der Waals surface area contributed by atoms with Crippen LogP contribution in [0.5, 0.6) is 0 Å². The van der Waals surface area contributed by atoms with Gasteiger partial charge in [0.15, 0.2) is 0 Å². The number of rotatable bonds is 4. The lowest BCUT2D eigenvalue weighted by molar-refractivity contribution is 0.507. The first-order chi connectivity index (χ1) is 7.79. The summed E-state index contributed by atoms with van der Waals surface area (Å²) in [6.45, 7) is 0.524. The second-order valence-electron chi connectivity index (χ2n) is 3.17. The van der Waals surface area contributed by atoms with Gasteiger partial charge in [0.2, 0.25) is 0 Å². The standard InChI is InChI=1S/C11H11BrN2OS/c12-8-3-4-11(14-7-8)16-10(6-13)9-2-1-5-15-9/h1-5,7,10H,6,13H2. The van der Waals surface area contributed by atoms with E-state index in [4.69, 9.17) is 10.2 Å². The highest BCUT2D eigenvalue weighted by molar-refractivity contribution is 9.10. The van der Waals surface area contributed by atoms with Crippen molar-refractivity contribution in [2.75, 3.05) is 6.54 Å². The summed E-state index contributed by atoms with van der Waals surface area (Å²) in [6.07, 6.45) is 3.44. The number of pyridine rings is 1. The molecule has 0 saturated carbocycles. The molecular weight excluding hydrogens is 288 g/mol. The number of hydrogen-bond acceptors (Lipinski definition) is 4. The predicted molar refractivity (Wildman–Crippen MR) is 68.3 cm³/mol. The first-order valence-electron chi connectivity index (χ1n) is 4.81. The van der Waals surface area contributed by atoms with Crippen molar-refractivity contribution < 1.29 is 4.42 Å². The van der Waals surface area contributed by atoms with Crippen LogP contribution in [-0.2, 0) is 0 Å². The zero-order valence-electron chi connectivity index (χ0n) is 8.47. The van der Waals surface area contributed by atoms with Crippen molar-refractivity contribution in [1.82, 2.24) is 4.98 Å². The fraction of sp³-hybridized carbons (Fsp3) is 0.182. The zero-order chi connectivity index (χ0) is 11.4. The minimum absolute atomic E-state index is 0.115. The normalized spacial score (nSPS) is 12.6. The summed E-state index contributed by atoms with van der Waals surface area (Å²) >= 11 is 4.96. The number of thioether (sulfide) groups is 1. The highest BCUT2D eigenvalue weighted by Crippen LogP contribution is 2.33. The molecule has 0 amide bonds. The van der Waals surface area contributed by atoms with Crippen LogP contribution in [0.4, 0.5) is 0 Å². The Bertz CT molecular complexity index is 430. The first-order valence-corrected chi connectivity index (χ1v) is 6.48. The molecule has 0 fully saturated rings. The number of furan rings is 1. The molecule has 2 aromatic heterocycles. The molecule has 2 N–H and O–H groups in total. The van der Waals surface area contributed by atoms with Gasteiger partial charge in [-0.25, -0.2) is 4.98 Å². The van der Waals surface area contributed by atoms with Crippen LogP contribution in [0.25, 0.3) is 0 Å². The van der Waals surface area contributed by atoms with Crippen molar-refractivity contribution in [2.24, 2.45) is 5.73 Å². The van der Waals surface area contributed by atoms with Crippen LogP contribution in [0.15, 0.2) is 50.6 Å². The van der Waals surface area contributed by atoms with Crippen LogP contribution < -0.4 is 5.73 Å². The van der Waals surface area contributed by atoms with Crippen LogP contribution in [0.3, 0.4) is 0 Å². The molecule has 5 heteroatoms. The minimum atomic E-state index is 0.115. The average Bonchev–Trinajstić information content (AvgIpc) is 2.82. The third-order valence-electron chi connectivity index (χ3n) is 2.04. The summed E-state index contributed by atoms with van der Waals surface area (Å²) in [5, 5.41) is 1.05. The number of nitrogens with two attached hydrogens (primary N) is 1. The van der Waals surface area contributed by atoms with Gasteiger partial charge in [-0.15, -0.1) is 0 Å². The van der Waals surface area contributed by atoms with E-state index in [1.807, 2.05) is 24.3 Å². The molecule has 0 radical (unpaired) electrons. The molecule has 3 nitrogen and oxygen atoms in total. The molecule has 0 bridgehead atoms. The summed E-state index contributed by atoms with van der Waals surface area (Å²) in [5.74, 6) is 0.886. The molecule has 0 aliphatic rings. The lowest BCUT2D eigenvalue weighted by Gasteiger charge is -2.10. The monoisotopic (exact) mass is 298 g/mol. The molecule has 1 atom stereocenters. The van der Waals surface area contributed by atoms with E-state index >= 15 is 0 Å². The smallest absolute Gasteiger partial charge is 0.118 e. The van der Waals surface area contributed by atoms with Crippen LogP contribution in [0.1, 0.15) is 11.0 Å². The van der Waals surface area contributed by atoms with Crippen molar-refractivity contribution >= 4 is 27.7 Å². The summed E-state index contributed by atoms with van der Waals surface area (Å²) in [5.41, 5.74) is 5.72. The Morgan fingerprint density at radius 1 is 1.44 bits per heavy atom. The van der Waals surface area contributed by atoms with Gasteiger partial charge in [0.1, 0.15) is 5.76 Å². The maximum Gasteiger partial charge on any atom is 0.118 e. The molecule has 2 rings (SSSR count). The van der Waals surface area contributed by atoms with E-state index in [-0.39, 0.29) is 5.25 Å². The largest absolute Gasteiger partial charge is 0.468 e. The Labute approximate surface area is 107 Å². The fourth-order valence-corrected chi connectivity index (χ4v) is 2.41. The Morgan fingerprint density at radius 3 is 2.88 bits per heavy atom. The predicted octanol–water partition coefficient (Wildman–Crippen LogP) is 3.23. The van der Waals surface area contributed by atoms with Crippen molar-refractivity contribution in [3.05, 3.63) is 47.0 Å². The summed E-state index contributed by atoms with van der Waals surface area (Å²) < 4.78 is 6.32. The number of hydrogen-bond donors (Lipinski definition) is 1. The van der Waals surface area contributed by atoms with E-state index in [0.29, 0.717) is 6.54 Å². The molecule has 2 aromatic rings. The third-order valence-corrected chi connectivity index (χ3v) is 3.70. The number of nitrogens with zero attached hydrogens (tertiary/aromatic N) is 1. The third kappa shape index (κ3) is 2.87. The van der Waals surface area contributed by atoms with Gasteiger partial charge in [-0.1, -0.05) is 11.8 Å². The van der Waals surface area contributed by atoms with Gasteiger partial charge in [0.05, 0.1) is 16.5 Å². The molecule has 0 spiro atoms. The van der Waals surface area contributed by atoms with Crippen LogP contribution in [0.2, 0.25) is 0 Å². The Balaban J connectivity index is 2.10. The maximum absolute atomic E-state index is 5.72. The van der Waals surface area contributed by atoms with Gasteiger partial charge in [-0.2, -0.15) is 0 Å². The van der Waals surface area contributed by atoms with Crippen molar-refractivity contribution in [3.63, 3.8) is 0 Å². The molecule has 84 valence electrons. The molecule has 1 unspecified atom stereocenters. The minimum Gasteiger partial charge on any atom is -0.468 e. The number of aromatic nitrogens is 1. The van der Waals surface area contributed by atoms with Crippen molar-refractivity contribution in [3.8, 4) is 0 Å². The zero-order valence-corrected chi connectivity index (χ0v) is 10.9. The van der Waals surface area contributed by atoms with Crippen molar-refractivity contribution in [2.45, 2.75) is 10.3 Å². The molecule has 2 heterocycles.